The smallest absolute Gasteiger partial charge is 0.0592 e. The summed E-state index contributed by atoms with van der Waals surface area (Å²) in [6, 6.07) is 0. The van der Waals surface area contributed by atoms with Crippen molar-refractivity contribution < 1.29 is 0 Å². The van der Waals surface area contributed by atoms with Crippen LogP contribution in [0.25, 0.3) is 0 Å². The standard InChI is InChI=1S/C4H9I2N/c1-3-7-4-6-5-2/h4H,3H2,1-2H3. The zero-order chi connectivity index (χ0) is 5.54. The van der Waals surface area contributed by atoms with Crippen LogP contribution in [0.3, 0.4) is 0 Å². The maximum atomic E-state index is 4.11. The molecule has 0 spiro atoms. The molecule has 1 nitrogen and oxygen atoms in total. The molecule has 44 valence electrons. The Morgan fingerprint density at radius 2 is 2.43 bits per heavy atom. The number of alkyl halides is 1. The van der Waals surface area contributed by atoms with E-state index in [0.29, 0.717) is 33.2 Å². The van der Waals surface area contributed by atoms with E-state index in [1.165, 1.54) is 0 Å². The van der Waals surface area contributed by atoms with Gasteiger partial charge in [0.15, 0.2) is 0 Å². The fourth-order valence-corrected chi connectivity index (χ4v) is 3.30. The number of hydrogen-bond acceptors (Lipinski definition) is 1. The van der Waals surface area contributed by atoms with Crippen LogP contribution < -0.4 is 0 Å². The molecule has 0 heterocycles. The fraction of sp³-hybridized carbons (Fsp3) is 0.750. The Bertz CT molecular complexity index is 77.8. The molecule has 0 aromatic rings. The molecule has 0 aliphatic rings. The van der Waals surface area contributed by atoms with E-state index in [2.05, 4.69) is 21.1 Å². The second-order valence-electron chi connectivity index (χ2n) is 0.822. The van der Waals surface area contributed by atoms with Gasteiger partial charge in [0, 0.05) is 6.54 Å². The van der Waals surface area contributed by atoms with Crippen LogP contribution in [-0.2, 0) is 0 Å². The zero-order valence-corrected chi connectivity index (χ0v) is 8.80. The number of aliphatic imine (C=N–C) groups is 1. The van der Waals surface area contributed by atoms with Gasteiger partial charge < -0.3 is 0 Å². The summed E-state index contributed by atoms with van der Waals surface area (Å²) in [7, 11) is 0. The molecule has 7 heavy (non-hydrogen) atoms. The van der Waals surface area contributed by atoms with E-state index in [0.717, 1.165) is 6.54 Å². The Hall–Kier alpha value is 1.13. The van der Waals surface area contributed by atoms with Crippen molar-refractivity contribution in [2.45, 2.75) is 6.92 Å². The first-order chi connectivity index (χ1) is 3.41. The minimum Gasteiger partial charge on any atom is -0.287 e. The molecule has 0 aromatic heterocycles. The predicted octanol–water partition coefficient (Wildman–Crippen LogP) is 2.52. The van der Waals surface area contributed by atoms with Crippen molar-refractivity contribution in [1.29, 1.82) is 0 Å². The first-order valence-corrected chi connectivity index (χ1v) is 11.7. The van der Waals surface area contributed by atoms with Gasteiger partial charge in [0.05, 0.1) is 4.22 Å². The molecule has 0 saturated heterocycles. The number of nitrogens with zero attached hydrogens (tertiary/aromatic N) is 1. The lowest BCUT2D eigenvalue weighted by Gasteiger charge is -1.71. The maximum Gasteiger partial charge on any atom is 0.0592 e. The second-order valence-corrected chi connectivity index (χ2v) is 11.3. The largest absolute Gasteiger partial charge is 0.287 e. The van der Waals surface area contributed by atoms with Crippen LogP contribution in [0.4, 0.5) is 0 Å². The van der Waals surface area contributed by atoms with Crippen molar-refractivity contribution in [2.75, 3.05) is 11.5 Å². The number of hydrogen-bond donors (Lipinski definition) is 0. The lowest BCUT2D eigenvalue weighted by atomic mass is 10.8. The molecule has 0 bridgehead atoms. The summed E-state index contributed by atoms with van der Waals surface area (Å²) in [5.41, 5.74) is 0. The van der Waals surface area contributed by atoms with E-state index in [1.807, 2.05) is 0 Å². The van der Waals surface area contributed by atoms with E-state index in [-0.39, 0.29) is 0 Å². The lowest BCUT2D eigenvalue weighted by Crippen LogP contribution is -1.60. The fourth-order valence-electron chi connectivity index (χ4n) is 0.132. The van der Waals surface area contributed by atoms with E-state index in [4.69, 9.17) is 0 Å². The summed E-state index contributed by atoms with van der Waals surface area (Å²) in [4.78, 5) is 6.43. The molecular weight excluding hydrogens is 316 g/mol. The Labute approximate surface area is 60.3 Å². The molecule has 0 fully saturated rings. The molecule has 3 heteroatoms. The maximum absolute atomic E-state index is 4.11. The van der Waals surface area contributed by atoms with Gasteiger partial charge >= 0.3 is 0 Å². The highest BCUT2D eigenvalue weighted by molar-refractivity contribution is 14.8. The summed E-state index contributed by atoms with van der Waals surface area (Å²) in [5.74, 6) is 0. The lowest BCUT2D eigenvalue weighted by molar-refractivity contribution is 1.15. The topological polar surface area (TPSA) is 12.4 Å². The highest BCUT2D eigenvalue weighted by atomic mass is 128. The Morgan fingerprint density at radius 1 is 1.71 bits per heavy atom. The molecule has 0 N–H and O–H groups in total. The summed E-state index contributed by atoms with van der Waals surface area (Å²) in [6.45, 7) is 3.05. The van der Waals surface area contributed by atoms with Crippen molar-refractivity contribution in [3.8, 4) is 0 Å². The van der Waals surface area contributed by atoms with Crippen LogP contribution in [0.2, 0.25) is 0 Å². The van der Waals surface area contributed by atoms with Gasteiger partial charge in [-0.25, -0.2) is 0 Å². The van der Waals surface area contributed by atoms with Gasteiger partial charge in [-0.15, -0.1) is 0 Å². The summed E-state index contributed by atoms with van der Waals surface area (Å²) >= 11 is 0.995. The summed E-state index contributed by atoms with van der Waals surface area (Å²) in [5, 5.41) is 0. The Morgan fingerprint density at radius 3 is 2.86 bits per heavy atom. The first-order valence-electron chi connectivity index (χ1n) is 2.02. The average molecular weight is 325 g/mol. The van der Waals surface area contributed by atoms with Crippen molar-refractivity contribution in [3.63, 3.8) is 0 Å². The van der Waals surface area contributed by atoms with Crippen LogP contribution in [0.5, 0.6) is 0 Å². The van der Waals surface area contributed by atoms with Crippen molar-refractivity contribution in [1.82, 2.24) is 0 Å². The van der Waals surface area contributed by atoms with E-state index in [9.17, 15) is 0 Å². The van der Waals surface area contributed by atoms with Crippen LogP contribution in [0.1, 0.15) is 6.92 Å². The molecule has 0 aromatic carbocycles. The van der Waals surface area contributed by atoms with Crippen LogP contribution >= 0.6 is 33.2 Å². The average Bonchev–Trinajstić information content (AvgIpc) is 1.69. The highest BCUT2D eigenvalue weighted by Crippen LogP contribution is 2.07. The molecule has 0 amide bonds. The van der Waals surface area contributed by atoms with Crippen molar-refractivity contribution >= 4 is 37.4 Å². The Balaban J connectivity index is 3.09. The van der Waals surface area contributed by atoms with Gasteiger partial charge in [-0.2, -0.15) is 0 Å². The predicted molar refractivity (Wildman–Crippen MR) is 53.0 cm³/mol. The minimum absolute atomic E-state index is 0.440. The van der Waals surface area contributed by atoms with Gasteiger partial charge in [-0.1, -0.05) is 16.6 Å². The first kappa shape index (κ1) is 8.13. The van der Waals surface area contributed by atoms with E-state index < -0.39 is 0 Å². The van der Waals surface area contributed by atoms with Gasteiger partial charge in [0.2, 0.25) is 0 Å². The number of halogens is 2. The SMILES string of the molecule is CCN=CI=IC. The third-order valence-electron chi connectivity index (χ3n) is 0.371. The van der Waals surface area contributed by atoms with Gasteiger partial charge in [-0.05, 0) is 28.4 Å². The molecule has 0 unspecified atom stereocenters. The molecule has 0 radical (unpaired) electrons. The van der Waals surface area contributed by atoms with Crippen LogP contribution in [0.15, 0.2) is 4.99 Å². The Kier molecular flexibility index (Phi) is 8.28. The third-order valence-corrected chi connectivity index (χ3v) is 6.02. The van der Waals surface area contributed by atoms with Crippen LogP contribution in [-0.4, -0.2) is 15.7 Å². The van der Waals surface area contributed by atoms with E-state index in [1.54, 1.807) is 0 Å². The van der Waals surface area contributed by atoms with Gasteiger partial charge in [0.1, 0.15) is 0 Å². The van der Waals surface area contributed by atoms with Gasteiger partial charge in [-0.3, -0.25) is 4.99 Å². The summed E-state index contributed by atoms with van der Waals surface area (Å²) < 4.78 is 2.14. The minimum atomic E-state index is 0.440. The van der Waals surface area contributed by atoms with Crippen molar-refractivity contribution in [2.24, 2.45) is 4.99 Å². The molecule has 0 atom stereocenters. The monoisotopic (exact) mass is 325 g/mol. The molecule has 0 saturated carbocycles. The van der Waals surface area contributed by atoms with E-state index >= 15 is 0 Å². The number of rotatable bonds is 2. The summed E-state index contributed by atoms with van der Waals surface area (Å²) in [6.07, 6.45) is 0. The second kappa shape index (κ2) is 7.13. The molecule has 0 rings (SSSR count). The quantitative estimate of drug-likeness (QED) is 0.420. The molecular formula is C4H9I2N. The van der Waals surface area contributed by atoms with Crippen molar-refractivity contribution in [3.05, 3.63) is 0 Å². The zero-order valence-electron chi connectivity index (χ0n) is 4.49. The normalized spacial score (nSPS) is 14.0. The van der Waals surface area contributed by atoms with Crippen LogP contribution in [0, 0.1) is 0 Å². The molecule has 0 aliphatic carbocycles. The third kappa shape index (κ3) is 7.13. The highest BCUT2D eigenvalue weighted by Gasteiger charge is 1.58. The molecule has 0 aliphatic heterocycles. The van der Waals surface area contributed by atoms with Gasteiger partial charge in [0.25, 0.3) is 0 Å².